The molecule has 1 rings (SSSR count). The molecule has 1 aromatic rings. The molecular formula is C11H14FN3O3. The molecule has 0 aliphatic rings. The Morgan fingerprint density at radius 2 is 2.17 bits per heavy atom. The van der Waals surface area contributed by atoms with E-state index in [1.807, 2.05) is 0 Å². The summed E-state index contributed by atoms with van der Waals surface area (Å²) in [4.78, 5) is 23.3. The van der Waals surface area contributed by atoms with Crippen LogP contribution in [-0.4, -0.2) is 36.4 Å². The van der Waals surface area contributed by atoms with Gasteiger partial charge in [-0.25, -0.2) is 4.39 Å². The van der Waals surface area contributed by atoms with Crippen LogP contribution in [0.5, 0.6) is 0 Å². The lowest BCUT2D eigenvalue weighted by Crippen LogP contribution is -2.27. The van der Waals surface area contributed by atoms with E-state index in [1.165, 1.54) is 19.0 Å². The molecule has 0 saturated heterocycles. The van der Waals surface area contributed by atoms with E-state index in [2.05, 4.69) is 5.32 Å². The minimum absolute atomic E-state index is 0.0495. The zero-order chi connectivity index (χ0) is 13.9. The average Bonchev–Trinajstić information content (AvgIpc) is 2.36. The number of carbonyl (C=O) groups excluding carboxylic acids is 1. The van der Waals surface area contributed by atoms with Crippen molar-refractivity contribution in [2.45, 2.75) is 6.92 Å². The molecule has 0 spiro atoms. The van der Waals surface area contributed by atoms with Crippen LogP contribution in [0.1, 0.15) is 17.3 Å². The summed E-state index contributed by atoms with van der Waals surface area (Å²) < 4.78 is 13.4. The molecule has 1 aromatic carbocycles. The minimum Gasteiger partial charge on any atom is -0.386 e. The zero-order valence-corrected chi connectivity index (χ0v) is 10.4. The van der Waals surface area contributed by atoms with Gasteiger partial charge in [-0.05, 0) is 13.0 Å². The maximum absolute atomic E-state index is 13.4. The second-order valence-corrected chi connectivity index (χ2v) is 3.68. The van der Waals surface area contributed by atoms with E-state index >= 15 is 0 Å². The lowest BCUT2D eigenvalue weighted by Gasteiger charge is -2.15. The molecule has 0 aromatic heterocycles. The molecule has 0 unspecified atom stereocenters. The van der Waals surface area contributed by atoms with Gasteiger partial charge in [0.05, 0.1) is 16.7 Å². The van der Waals surface area contributed by atoms with Crippen molar-refractivity contribution in [2.75, 3.05) is 26.0 Å². The average molecular weight is 255 g/mol. The SMILES string of the molecule is CCN(C)C(=O)c1cc(NC)c(F)cc1[N+](=O)[O-]. The lowest BCUT2D eigenvalue weighted by molar-refractivity contribution is -0.385. The number of anilines is 1. The molecule has 0 aliphatic carbocycles. The Morgan fingerprint density at radius 3 is 2.61 bits per heavy atom. The highest BCUT2D eigenvalue weighted by atomic mass is 19.1. The lowest BCUT2D eigenvalue weighted by atomic mass is 10.1. The third kappa shape index (κ3) is 2.55. The normalized spacial score (nSPS) is 10.0. The Kier molecular flexibility index (Phi) is 4.19. The minimum atomic E-state index is -0.765. The van der Waals surface area contributed by atoms with E-state index in [1.54, 1.807) is 6.92 Å². The van der Waals surface area contributed by atoms with Gasteiger partial charge in [0, 0.05) is 20.6 Å². The Morgan fingerprint density at radius 1 is 1.56 bits per heavy atom. The molecule has 0 saturated carbocycles. The van der Waals surface area contributed by atoms with Gasteiger partial charge >= 0.3 is 0 Å². The largest absolute Gasteiger partial charge is 0.386 e. The Balaban J connectivity index is 3.39. The molecule has 7 heteroatoms. The number of hydrogen-bond acceptors (Lipinski definition) is 4. The Bertz CT molecular complexity index is 491. The number of carbonyl (C=O) groups is 1. The van der Waals surface area contributed by atoms with Crippen molar-refractivity contribution < 1.29 is 14.1 Å². The van der Waals surface area contributed by atoms with Crippen LogP contribution in [0, 0.1) is 15.9 Å². The first kappa shape index (κ1) is 13.9. The fourth-order valence-electron chi connectivity index (χ4n) is 1.43. The van der Waals surface area contributed by atoms with Crippen molar-refractivity contribution >= 4 is 17.3 Å². The second-order valence-electron chi connectivity index (χ2n) is 3.68. The molecule has 0 atom stereocenters. The maximum atomic E-state index is 13.4. The molecule has 0 heterocycles. The monoisotopic (exact) mass is 255 g/mol. The van der Waals surface area contributed by atoms with Crippen LogP contribution >= 0.6 is 0 Å². The van der Waals surface area contributed by atoms with Gasteiger partial charge in [-0.3, -0.25) is 14.9 Å². The molecule has 0 aliphatic heterocycles. The zero-order valence-electron chi connectivity index (χ0n) is 10.4. The molecule has 0 fully saturated rings. The number of nitro groups is 1. The first-order valence-corrected chi connectivity index (χ1v) is 5.33. The summed E-state index contributed by atoms with van der Waals surface area (Å²) in [6.07, 6.45) is 0. The standard InChI is InChI=1S/C11H14FN3O3/c1-4-14(3)11(16)7-5-9(13-2)8(12)6-10(7)15(17)18/h5-6,13H,4H2,1-3H3. The van der Waals surface area contributed by atoms with E-state index < -0.39 is 22.3 Å². The number of nitro benzene ring substituents is 1. The highest BCUT2D eigenvalue weighted by Gasteiger charge is 2.25. The van der Waals surface area contributed by atoms with Gasteiger partial charge in [0.15, 0.2) is 5.82 Å². The van der Waals surface area contributed by atoms with Crippen molar-refractivity contribution in [1.82, 2.24) is 4.90 Å². The number of benzene rings is 1. The topological polar surface area (TPSA) is 75.5 Å². The van der Waals surface area contributed by atoms with Gasteiger partial charge < -0.3 is 10.2 Å². The van der Waals surface area contributed by atoms with Crippen molar-refractivity contribution in [3.63, 3.8) is 0 Å². The number of nitrogens with zero attached hydrogens (tertiary/aromatic N) is 2. The maximum Gasteiger partial charge on any atom is 0.285 e. The third-order valence-corrected chi connectivity index (χ3v) is 2.60. The fourth-order valence-corrected chi connectivity index (χ4v) is 1.43. The summed E-state index contributed by atoms with van der Waals surface area (Å²) in [7, 11) is 3.00. The van der Waals surface area contributed by atoms with Crippen LogP contribution in [0.25, 0.3) is 0 Å². The van der Waals surface area contributed by atoms with Gasteiger partial charge in [0.25, 0.3) is 11.6 Å². The Hall–Kier alpha value is -2.18. The molecule has 6 nitrogen and oxygen atoms in total. The quantitative estimate of drug-likeness (QED) is 0.658. The van der Waals surface area contributed by atoms with E-state index in [4.69, 9.17) is 0 Å². The molecule has 1 amide bonds. The van der Waals surface area contributed by atoms with E-state index in [0.29, 0.717) is 6.54 Å². The number of halogens is 1. The van der Waals surface area contributed by atoms with Gasteiger partial charge in [-0.15, -0.1) is 0 Å². The van der Waals surface area contributed by atoms with Crippen LogP contribution in [0.3, 0.4) is 0 Å². The van der Waals surface area contributed by atoms with Crippen molar-refractivity contribution in [2.24, 2.45) is 0 Å². The van der Waals surface area contributed by atoms with Crippen LogP contribution in [0.2, 0.25) is 0 Å². The third-order valence-electron chi connectivity index (χ3n) is 2.60. The predicted octanol–water partition coefficient (Wildman–Crippen LogP) is 1.87. The molecular weight excluding hydrogens is 241 g/mol. The summed E-state index contributed by atoms with van der Waals surface area (Å²) >= 11 is 0. The van der Waals surface area contributed by atoms with Crippen molar-refractivity contribution in [1.29, 1.82) is 0 Å². The summed E-state index contributed by atoms with van der Waals surface area (Å²) in [5, 5.41) is 13.4. The van der Waals surface area contributed by atoms with Crippen molar-refractivity contribution in [3.05, 3.63) is 33.6 Å². The van der Waals surface area contributed by atoms with Crippen LogP contribution in [0.4, 0.5) is 15.8 Å². The fraction of sp³-hybridized carbons (Fsp3) is 0.364. The Labute approximate surface area is 104 Å². The highest BCUT2D eigenvalue weighted by molar-refractivity contribution is 5.99. The van der Waals surface area contributed by atoms with E-state index in [9.17, 15) is 19.3 Å². The van der Waals surface area contributed by atoms with Gasteiger partial charge in [-0.1, -0.05) is 0 Å². The summed E-state index contributed by atoms with van der Waals surface area (Å²) in [6, 6.07) is 1.91. The number of hydrogen-bond donors (Lipinski definition) is 1. The summed E-state index contributed by atoms with van der Waals surface area (Å²) in [5.41, 5.74) is -0.611. The predicted molar refractivity (Wildman–Crippen MR) is 65.2 cm³/mol. The number of amides is 1. The van der Waals surface area contributed by atoms with Crippen LogP contribution < -0.4 is 5.32 Å². The molecule has 0 radical (unpaired) electrons. The molecule has 0 bridgehead atoms. The van der Waals surface area contributed by atoms with Crippen LogP contribution in [0.15, 0.2) is 12.1 Å². The van der Waals surface area contributed by atoms with Crippen LogP contribution in [-0.2, 0) is 0 Å². The molecule has 1 N–H and O–H groups in total. The number of rotatable bonds is 4. The highest BCUT2D eigenvalue weighted by Crippen LogP contribution is 2.26. The first-order chi connectivity index (χ1) is 8.42. The van der Waals surface area contributed by atoms with E-state index in [0.717, 1.165) is 12.1 Å². The summed E-state index contributed by atoms with van der Waals surface area (Å²) in [5.74, 6) is -1.28. The van der Waals surface area contributed by atoms with Gasteiger partial charge in [0.1, 0.15) is 5.56 Å². The molecule has 98 valence electrons. The van der Waals surface area contributed by atoms with Gasteiger partial charge in [0.2, 0.25) is 0 Å². The van der Waals surface area contributed by atoms with E-state index in [-0.39, 0.29) is 11.3 Å². The smallest absolute Gasteiger partial charge is 0.285 e. The number of nitrogens with one attached hydrogen (secondary N) is 1. The summed E-state index contributed by atoms with van der Waals surface area (Å²) in [6.45, 7) is 2.15. The van der Waals surface area contributed by atoms with Gasteiger partial charge in [-0.2, -0.15) is 0 Å². The van der Waals surface area contributed by atoms with Crippen molar-refractivity contribution in [3.8, 4) is 0 Å². The first-order valence-electron chi connectivity index (χ1n) is 5.33. The second kappa shape index (κ2) is 5.44. The molecule has 18 heavy (non-hydrogen) atoms.